The van der Waals surface area contributed by atoms with Crippen LogP contribution < -0.4 is 5.73 Å². The zero-order valence-electron chi connectivity index (χ0n) is 9.69. The van der Waals surface area contributed by atoms with E-state index in [2.05, 4.69) is 20.9 Å². The van der Waals surface area contributed by atoms with Crippen LogP contribution in [0.25, 0.3) is 0 Å². The molecule has 0 bridgehead atoms. The third kappa shape index (κ3) is 2.03. The summed E-state index contributed by atoms with van der Waals surface area (Å²) in [5.41, 5.74) is 9.56. The molecule has 0 saturated carbocycles. The Morgan fingerprint density at radius 1 is 1.35 bits per heavy atom. The lowest BCUT2D eigenvalue weighted by atomic mass is 10.1. The van der Waals surface area contributed by atoms with Gasteiger partial charge in [0, 0.05) is 44.1 Å². The fraction of sp³-hybridized carbons (Fsp3) is 0.308. The van der Waals surface area contributed by atoms with E-state index in [-0.39, 0.29) is 0 Å². The maximum Gasteiger partial charge on any atom is 0.107 e. The van der Waals surface area contributed by atoms with Crippen molar-refractivity contribution in [2.45, 2.75) is 19.5 Å². The van der Waals surface area contributed by atoms with E-state index in [9.17, 15) is 0 Å². The first-order chi connectivity index (χ1) is 8.33. The molecule has 1 aliphatic heterocycles. The molecule has 0 radical (unpaired) electrons. The number of H-pyrrole nitrogens is 1. The number of nitrogens with zero attached hydrogens (tertiary/aromatic N) is 2. The van der Waals surface area contributed by atoms with Gasteiger partial charge in [0.25, 0.3) is 0 Å². The highest BCUT2D eigenvalue weighted by Gasteiger charge is 2.20. The predicted molar refractivity (Wildman–Crippen MR) is 67.3 cm³/mol. The maximum atomic E-state index is 5.98. The number of anilines is 1. The number of nitrogens with one attached hydrogen (secondary N) is 1. The average Bonchev–Trinajstić information content (AvgIpc) is 2.95. The Hall–Kier alpha value is -1.81. The number of benzene rings is 1. The van der Waals surface area contributed by atoms with Crippen molar-refractivity contribution in [2.24, 2.45) is 0 Å². The number of aromatic amines is 1. The van der Waals surface area contributed by atoms with Crippen molar-refractivity contribution >= 4 is 5.69 Å². The minimum Gasteiger partial charge on any atom is -0.398 e. The number of imidazole rings is 1. The quantitative estimate of drug-likeness (QED) is 0.784. The number of rotatable bonds is 3. The van der Waals surface area contributed by atoms with Crippen LogP contribution in [-0.4, -0.2) is 21.4 Å². The van der Waals surface area contributed by atoms with E-state index < -0.39 is 0 Å². The molecule has 0 saturated heterocycles. The van der Waals surface area contributed by atoms with E-state index in [0.717, 1.165) is 37.6 Å². The molecule has 2 heterocycles. The summed E-state index contributed by atoms with van der Waals surface area (Å²) in [6.45, 7) is 2.98. The van der Waals surface area contributed by atoms with Gasteiger partial charge >= 0.3 is 0 Å². The molecule has 3 rings (SSSR count). The molecule has 1 aliphatic rings. The van der Waals surface area contributed by atoms with Gasteiger partial charge in [0.15, 0.2) is 0 Å². The molecule has 3 N–H and O–H groups in total. The van der Waals surface area contributed by atoms with E-state index in [1.807, 2.05) is 18.3 Å². The number of fused-ring (bicyclic) bond motifs is 1. The molecule has 0 fully saturated rings. The molecule has 0 unspecified atom stereocenters. The number of nitrogens with two attached hydrogens (primary N) is 1. The molecule has 1 aromatic heterocycles. The molecular weight excluding hydrogens is 212 g/mol. The van der Waals surface area contributed by atoms with E-state index in [1.165, 1.54) is 11.1 Å². The third-order valence-corrected chi connectivity index (χ3v) is 3.30. The summed E-state index contributed by atoms with van der Waals surface area (Å²) in [6, 6.07) is 6.18. The van der Waals surface area contributed by atoms with Gasteiger partial charge in [-0.1, -0.05) is 12.1 Å². The first-order valence-electron chi connectivity index (χ1n) is 5.90. The summed E-state index contributed by atoms with van der Waals surface area (Å²) >= 11 is 0. The second kappa shape index (κ2) is 4.22. The Bertz CT molecular complexity index is 504. The minimum absolute atomic E-state index is 0.919. The zero-order valence-corrected chi connectivity index (χ0v) is 9.69. The molecule has 1 aromatic carbocycles. The van der Waals surface area contributed by atoms with Crippen LogP contribution in [0.5, 0.6) is 0 Å². The number of nitrogen functional groups attached to an aromatic ring is 1. The van der Waals surface area contributed by atoms with Crippen molar-refractivity contribution in [3.8, 4) is 0 Å². The molecule has 88 valence electrons. The Kier molecular flexibility index (Phi) is 2.57. The smallest absolute Gasteiger partial charge is 0.107 e. The first kappa shape index (κ1) is 10.4. The van der Waals surface area contributed by atoms with E-state index in [0.29, 0.717) is 0 Å². The monoisotopic (exact) mass is 228 g/mol. The maximum absolute atomic E-state index is 5.98. The van der Waals surface area contributed by atoms with Crippen LogP contribution in [0.1, 0.15) is 17.0 Å². The van der Waals surface area contributed by atoms with Crippen LogP contribution in [0.15, 0.2) is 30.6 Å². The van der Waals surface area contributed by atoms with Crippen molar-refractivity contribution in [1.82, 2.24) is 14.9 Å². The lowest BCUT2D eigenvalue weighted by Crippen LogP contribution is -2.20. The predicted octanol–water partition coefficient (Wildman–Crippen LogP) is 1.55. The van der Waals surface area contributed by atoms with E-state index >= 15 is 0 Å². The number of hydrogen-bond acceptors (Lipinski definition) is 3. The van der Waals surface area contributed by atoms with Gasteiger partial charge in [-0.25, -0.2) is 4.98 Å². The Labute approximate surface area is 100 Å². The SMILES string of the molecule is Nc1cccc2c1CN(CCc1ncc[nH]1)C2. The van der Waals surface area contributed by atoms with Gasteiger partial charge in [-0.3, -0.25) is 4.90 Å². The molecule has 0 spiro atoms. The lowest BCUT2D eigenvalue weighted by molar-refractivity contribution is 0.286. The minimum atomic E-state index is 0.919. The summed E-state index contributed by atoms with van der Waals surface area (Å²) in [7, 11) is 0. The van der Waals surface area contributed by atoms with Crippen LogP contribution >= 0.6 is 0 Å². The fourth-order valence-corrected chi connectivity index (χ4v) is 2.37. The van der Waals surface area contributed by atoms with Crippen LogP contribution in [0, 0.1) is 0 Å². The summed E-state index contributed by atoms with van der Waals surface area (Å²) in [5, 5.41) is 0. The highest BCUT2D eigenvalue weighted by molar-refractivity contribution is 5.52. The van der Waals surface area contributed by atoms with Crippen LogP contribution in [0.4, 0.5) is 5.69 Å². The molecule has 4 nitrogen and oxygen atoms in total. The van der Waals surface area contributed by atoms with Crippen molar-refractivity contribution in [2.75, 3.05) is 12.3 Å². The average molecular weight is 228 g/mol. The summed E-state index contributed by atoms with van der Waals surface area (Å²) in [6.07, 6.45) is 4.62. The molecule has 17 heavy (non-hydrogen) atoms. The van der Waals surface area contributed by atoms with Gasteiger partial charge in [-0.2, -0.15) is 0 Å². The van der Waals surface area contributed by atoms with Gasteiger partial charge in [0.05, 0.1) is 0 Å². The van der Waals surface area contributed by atoms with Gasteiger partial charge in [0.2, 0.25) is 0 Å². The first-order valence-corrected chi connectivity index (χ1v) is 5.90. The normalized spacial score (nSPS) is 15.1. The van der Waals surface area contributed by atoms with Crippen LogP contribution in [0.2, 0.25) is 0 Å². The van der Waals surface area contributed by atoms with Gasteiger partial charge in [-0.15, -0.1) is 0 Å². The van der Waals surface area contributed by atoms with Crippen LogP contribution in [-0.2, 0) is 19.5 Å². The second-order valence-corrected chi connectivity index (χ2v) is 4.48. The Morgan fingerprint density at radius 3 is 3.06 bits per heavy atom. The summed E-state index contributed by atoms with van der Waals surface area (Å²) < 4.78 is 0. The molecule has 2 aromatic rings. The number of hydrogen-bond donors (Lipinski definition) is 2. The highest BCUT2D eigenvalue weighted by atomic mass is 15.1. The van der Waals surface area contributed by atoms with Gasteiger partial charge in [-0.05, 0) is 17.2 Å². The second-order valence-electron chi connectivity index (χ2n) is 4.48. The van der Waals surface area contributed by atoms with Crippen LogP contribution in [0.3, 0.4) is 0 Å². The summed E-state index contributed by atoms with van der Waals surface area (Å²) in [4.78, 5) is 9.77. The van der Waals surface area contributed by atoms with Crippen molar-refractivity contribution < 1.29 is 0 Å². The summed E-state index contributed by atoms with van der Waals surface area (Å²) in [5.74, 6) is 1.05. The molecule has 0 aliphatic carbocycles. The van der Waals surface area contributed by atoms with Crippen molar-refractivity contribution in [1.29, 1.82) is 0 Å². The molecule has 4 heteroatoms. The Morgan fingerprint density at radius 2 is 2.29 bits per heavy atom. The largest absolute Gasteiger partial charge is 0.398 e. The highest BCUT2D eigenvalue weighted by Crippen LogP contribution is 2.27. The molecule has 0 amide bonds. The van der Waals surface area contributed by atoms with Crippen molar-refractivity contribution in [3.05, 3.63) is 47.5 Å². The van der Waals surface area contributed by atoms with Gasteiger partial charge in [0.1, 0.15) is 5.82 Å². The topological polar surface area (TPSA) is 57.9 Å². The van der Waals surface area contributed by atoms with Gasteiger partial charge < -0.3 is 10.7 Å². The van der Waals surface area contributed by atoms with E-state index in [1.54, 1.807) is 6.20 Å². The fourth-order valence-electron chi connectivity index (χ4n) is 2.37. The number of aromatic nitrogens is 2. The third-order valence-electron chi connectivity index (χ3n) is 3.30. The zero-order chi connectivity index (χ0) is 11.7. The molecule has 0 atom stereocenters. The van der Waals surface area contributed by atoms with Crippen molar-refractivity contribution in [3.63, 3.8) is 0 Å². The molecular formula is C13H16N4. The van der Waals surface area contributed by atoms with E-state index in [4.69, 9.17) is 5.73 Å². The standard InChI is InChI=1S/C13H16N4/c14-12-3-1-2-10-8-17(9-11(10)12)7-4-13-15-5-6-16-13/h1-3,5-6H,4,7-9,14H2,(H,15,16). The lowest BCUT2D eigenvalue weighted by Gasteiger charge is -2.13. The Balaban J connectivity index is 1.64.